The molecule has 0 aliphatic heterocycles. The molecule has 0 atom stereocenters. The molecule has 18 heavy (non-hydrogen) atoms. The summed E-state index contributed by atoms with van der Waals surface area (Å²) in [5.41, 5.74) is 0. The first kappa shape index (κ1) is 16.7. The van der Waals surface area contributed by atoms with Crippen LogP contribution in [0.2, 0.25) is 0 Å². The fraction of sp³-hybridized carbons (Fsp3) is 0.333. The van der Waals surface area contributed by atoms with Crippen LogP contribution in [0, 0.1) is 0 Å². The number of ether oxygens (including phenoxy) is 1. The summed E-state index contributed by atoms with van der Waals surface area (Å²) < 4.78 is 5.30. The molecule has 1 rings (SSSR count). The molecule has 0 unspecified atom stereocenters. The van der Waals surface area contributed by atoms with E-state index in [1.54, 1.807) is 17.6 Å². The van der Waals surface area contributed by atoms with Crippen molar-refractivity contribution in [3.05, 3.63) is 60.0 Å². The Morgan fingerprint density at radius 1 is 1.39 bits per heavy atom. The highest BCUT2D eigenvalue weighted by molar-refractivity contribution is 7.09. The molecule has 0 radical (unpaired) electrons. The van der Waals surface area contributed by atoms with Crippen LogP contribution in [0.15, 0.2) is 55.2 Å². The number of allylic oxidation sites excluding steroid dienone is 3. The molecule has 0 fully saturated rings. The first-order chi connectivity index (χ1) is 8.93. The van der Waals surface area contributed by atoms with Gasteiger partial charge in [0.05, 0.1) is 12.9 Å². The number of thiophene rings is 1. The molecule has 0 saturated carbocycles. The molecule has 1 N–H and O–H groups in total. The van der Waals surface area contributed by atoms with Crippen molar-refractivity contribution in [1.29, 1.82) is 0 Å². The van der Waals surface area contributed by atoms with Gasteiger partial charge in [-0.05, 0) is 37.5 Å². The molecule has 0 saturated heterocycles. The Hall–Kier alpha value is -1.32. The summed E-state index contributed by atoms with van der Waals surface area (Å²) in [7, 11) is 1.95. The van der Waals surface area contributed by atoms with Gasteiger partial charge in [0.15, 0.2) is 0 Å². The highest BCUT2D eigenvalue weighted by atomic mass is 32.1. The molecule has 0 amide bonds. The molecule has 0 bridgehead atoms. The SMILES string of the molecule is C=C.CNCCCO/C=C/C=C/Cc1cccs1. The minimum Gasteiger partial charge on any atom is -0.501 e. The predicted octanol–water partition coefficient (Wildman–Crippen LogP) is 3.79. The maximum atomic E-state index is 5.30. The van der Waals surface area contributed by atoms with Gasteiger partial charge in [0.2, 0.25) is 0 Å². The Morgan fingerprint density at radius 2 is 2.22 bits per heavy atom. The van der Waals surface area contributed by atoms with Gasteiger partial charge in [-0.15, -0.1) is 24.5 Å². The van der Waals surface area contributed by atoms with Gasteiger partial charge < -0.3 is 10.1 Å². The third-order valence-corrected chi connectivity index (χ3v) is 2.91. The van der Waals surface area contributed by atoms with E-state index in [0.717, 1.165) is 26.0 Å². The Balaban J connectivity index is 0.00000137. The Kier molecular flexibility index (Phi) is 12.7. The molecule has 0 aromatic carbocycles. The van der Waals surface area contributed by atoms with Gasteiger partial charge in [0.25, 0.3) is 0 Å². The van der Waals surface area contributed by atoms with Crippen LogP contribution in [0.3, 0.4) is 0 Å². The van der Waals surface area contributed by atoms with Crippen LogP contribution < -0.4 is 5.32 Å². The van der Waals surface area contributed by atoms with Gasteiger partial charge in [-0.2, -0.15) is 0 Å². The topological polar surface area (TPSA) is 21.3 Å². The molecule has 100 valence electrons. The molecule has 2 nitrogen and oxygen atoms in total. The third-order valence-electron chi connectivity index (χ3n) is 2.01. The van der Waals surface area contributed by atoms with E-state index in [-0.39, 0.29) is 0 Å². The number of hydrogen-bond acceptors (Lipinski definition) is 3. The fourth-order valence-corrected chi connectivity index (χ4v) is 1.87. The summed E-state index contributed by atoms with van der Waals surface area (Å²) in [6.45, 7) is 7.78. The van der Waals surface area contributed by atoms with E-state index < -0.39 is 0 Å². The quantitative estimate of drug-likeness (QED) is 0.334. The van der Waals surface area contributed by atoms with Crippen LogP contribution >= 0.6 is 11.3 Å². The monoisotopic (exact) mass is 265 g/mol. The van der Waals surface area contributed by atoms with Gasteiger partial charge in [-0.1, -0.05) is 18.2 Å². The maximum Gasteiger partial charge on any atom is 0.0885 e. The van der Waals surface area contributed by atoms with Gasteiger partial charge in [-0.3, -0.25) is 0 Å². The summed E-state index contributed by atoms with van der Waals surface area (Å²) in [4.78, 5) is 1.39. The highest BCUT2D eigenvalue weighted by Gasteiger charge is 1.86. The standard InChI is InChI=1S/C13H19NOS.C2H4/c1-14-9-6-11-15-10-4-2-3-7-13-8-5-12-16-13;1-2/h2-5,8,10,12,14H,6-7,9,11H2,1H3;1-2H2/b3-2+,10-4+;. The van der Waals surface area contributed by atoms with Crippen molar-refractivity contribution >= 4 is 11.3 Å². The van der Waals surface area contributed by atoms with Gasteiger partial charge in [0, 0.05) is 11.3 Å². The average molecular weight is 265 g/mol. The van der Waals surface area contributed by atoms with Crippen LogP contribution in [0.1, 0.15) is 11.3 Å². The van der Waals surface area contributed by atoms with Gasteiger partial charge >= 0.3 is 0 Å². The number of nitrogens with one attached hydrogen (secondary N) is 1. The second-order valence-corrected chi connectivity index (χ2v) is 4.40. The van der Waals surface area contributed by atoms with E-state index in [9.17, 15) is 0 Å². The van der Waals surface area contributed by atoms with Crippen molar-refractivity contribution in [2.45, 2.75) is 12.8 Å². The van der Waals surface area contributed by atoms with E-state index in [0.29, 0.717) is 0 Å². The highest BCUT2D eigenvalue weighted by Crippen LogP contribution is 2.09. The lowest BCUT2D eigenvalue weighted by Gasteiger charge is -1.98. The average Bonchev–Trinajstić information content (AvgIpc) is 2.92. The second-order valence-electron chi connectivity index (χ2n) is 3.37. The molecule has 0 aliphatic rings. The first-order valence-electron chi connectivity index (χ1n) is 6.03. The Morgan fingerprint density at radius 3 is 2.89 bits per heavy atom. The van der Waals surface area contributed by atoms with E-state index in [4.69, 9.17) is 4.74 Å². The zero-order valence-corrected chi connectivity index (χ0v) is 11.9. The van der Waals surface area contributed by atoms with Crippen molar-refractivity contribution in [3.63, 3.8) is 0 Å². The lowest BCUT2D eigenvalue weighted by Crippen LogP contribution is -2.09. The normalized spacial score (nSPS) is 10.5. The molecular formula is C15H23NOS. The van der Waals surface area contributed by atoms with Crippen molar-refractivity contribution in [2.24, 2.45) is 0 Å². The summed E-state index contributed by atoms with van der Waals surface area (Å²) in [5, 5.41) is 5.18. The minimum atomic E-state index is 0.774. The van der Waals surface area contributed by atoms with Crippen LogP contribution in [0.5, 0.6) is 0 Å². The zero-order chi connectivity index (χ0) is 13.5. The molecule has 1 heterocycles. The Labute approximate surface area is 115 Å². The molecule has 3 heteroatoms. The smallest absolute Gasteiger partial charge is 0.0885 e. The number of rotatable bonds is 8. The second kappa shape index (κ2) is 13.7. The van der Waals surface area contributed by atoms with E-state index >= 15 is 0 Å². The van der Waals surface area contributed by atoms with Gasteiger partial charge in [-0.25, -0.2) is 0 Å². The lowest BCUT2D eigenvalue weighted by atomic mass is 10.3. The summed E-state index contributed by atoms with van der Waals surface area (Å²) in [5.74, 6) is 0. The van der Waals surface area contributed by atoms with Crippen LogP contribution in [-0.4, -0.2) is 20.2 Å². The van der Waals surface area contributed by atoms with E-state index in [1.165, 1.54) is 4.88 Å². The van der Waals surface area contributed by atoms with Crippen LogP contribution in [-0.2, 0) is 11.2 Å². The van der Waals surface area contributed by atoms with Crippen LogP contribution in [0.25, 0.3) is 0 Å². The zero-order valence-electron chi connectivity index (χ0n) is 11.1. The van der Waals surface area contributed by atoms with Crippen molar-refractivity contribution in [1.82, 2.24) is 5.32 Å². The summed E-state index contributed by atoms with van der Waals surface area (Å²) in [6.07, 6.45) is 9.89. The third kappa shape index (κ3) is 9.87. The molecular weight excluding hydrogens is 242 g/mol. The molecule has 1 aromatic heterocycles. The minimum absolute atomic E-state index is 0.774. The number of hydrogen-bond donors (Lipinski definition) is 1. The van der Waals surface area contributed by atoms with Crippen LogP contribution in [0.4, 0.5) is 0 Å². The van der Waals surface area contributed by atoms with Crippen molar-refractivity contribution in [2.75, 3.05) is 20.2 Å². The summed E-state index contributed by atoms with van der Waals surface area (Å²) >= 11 is 1.79. The lowest BCUT2D eigenvalue weighted by molar-refractivity contribution is 0.244. The maximum absolute atomic E-state index is 5.30. The summed E-state index contributed by atoms with van der Waals surface area (Å²) in [6, 6.07) is 4.22. The molecule has 0 aliphatic carbocycles. The predicted molar refractivity (Wildman–Crippen MR) is 82.1 cm³/mol. The van der Waals surface area contributed by atoms with E-state index in [2.05, 4.69) is 42.1 Å². The fourth-order valence-electron chi connectivity index (χ4n) is 1.19. The first-order valence-corrected chi connectivity index (χ1v) is 6.91. The Bertz CT molecular complexity index is 317. The molecule has 0 spiro atoms. The molecule has 1 aromatic rings. The van der Waals surface area contributed by atoms with Crippen molar-refractivity contribution < 1.29 is 4.74 Å². The largest absolute Gasteiger partial charge is 0.501 e. The van der Waals surface area contributed by atoms with Gasteiger partial charge in [0.1, 0.15) is 0 Å². The van der Waals surface area contributed by atoms with Crippen molar-refractivity contribution in [3.8, 4) is 0 Å². The van der Waals surface area contributed by atoms with E-state index in [1.807, 2.05) is 19.2 Å².